The zero-order valence-electron chi connectivity index (χ0n) is 18.8. The fraction of sp³-hybridized carbons (Fsp3) is 0.667. The largest absolute Gasteiger partial charge is 0.497 e. The first kappa shape index (κ1) is 21.2. The maximum Gasteiger partial charge on any atom is 0.253 e. The van der Waals surface area contributed by atoms with Crippen LogP contribution in [-0.4, -0.2) is 78.4 Å². The molecule has 0 unspecified atom stereocenters. The summed E-state index contributed by atoms with van der Waals surface area (Å²) in [4.78, 5) is 32.8. The van der Waals surface area contributed by atoms with Crippen LogP contribution in [-0.2, 0) is 4.79 Å². The van der Waals surface area contributed by atoms with E-state index in [0.717, 1.165) is 44.8 Å². The monoisotopic (exact) mass is 413 g/mol. The minimum absolute atomic E-state index is 0.0734. The summed E-state index contributed by atoms with van der Waals surface area (Å²) in [5, 5.41) is 0. The van der Waals surface area contributed by atoms with Gasteiger partial charge in [0.1, 0.15) is 5.75 Å². The minimum Gasteiger partial charge on any atom is -0.497 e. The Kier molecular flexibility index (Phi) is 5.80. The van der Waals surface area contributed by atoms with Crippen molar-refractivity contribution < 1.29 is 14.3 Å². The van der Waals surface area contributed by atoms with Crippen LogP contribution >= 0.6 is 0 Å². The molecule has 2 amide bonds. The number of hydrogen-bond acceptors (Lipinski definition) is 4. The molecule has 6 heteroatoms. The van der Waals surface area contributed by atoms with E-state index in [-0.39, 0.29) is 17.4 Å². The number of amides is 2. The van der Waals surface area contributed by atoms with Crippen LogP contribution in [0.5, 0.6) is 5.75 Å². The van der Waals surface area contributed by atoms with Crippen molar-refractivity contribution in [2.45, 2.75) is 39.2 Å². The molecule has 3 aliphatic rings. The first-order valence-electron chi connectivity index (χ1n) is 11.4. The fourth-order valence-electron chi connectivity index (χ4n) is 6.09. The third-order valence-corrected chi connectivity index (χ3v) is 7.40. The molecule has 2 atom stereocenters. The fourth-order valence-corrected chi connectivity index (χ4v) is 6.09. The molecule has 3 saturated heterocycles. The van der Waals surface area contributed by atoms with Gasteiger partial charge in [-0.15, -0.1) is 0 Å². The van der Waals surface area contributed by atoms with Gasteiger partial charge in [-0.2, -0.15) is 0 Å². The van der Waals surface area contributed by atoms with E-state index < -0.39 is 0 Å². The molecule has 30 heavy (non-hydrogen) atoms. The topological polar surface area (TPSA) is 53.1 Å². The number of fused-ring (bicyclic) bond motifs is 2. The van der Waals surface area contributed by atoms with Crippen LogP contribution in [0.1, 0.15) is 44.0 Å². The summed E-state index contributed by atoms with van der Waals surface area (Å²) in [6.07, 6.45) is 1.76. The van der Waals surface area contributed by atoms with E-state index in [1.54, 1.807) is 7.11 Å². The van der Waals surface area contributed by atoms with Crippen LogP contribution in [0.25, 0.3) is 0 Å². The number of methoxy groups -OCH3 is 1. The van der Waals surface area contributed by atoms with Gasteiger partial charge in [-0.3, -0.25) is 9.59 Å². The Morgan fingerprint density at radius 2 is 1.83 bits per heavy atom. The van der Waals surface area contributed by atoms with E-state index in [1.165, 1.54) is 0 Å². The summed E-state index contributed by atoms with van der Waals surface area (Å²) < 4.78 is 5.20. The molecule has 0 N–H and O–H groups in total. The maximum atomic E-state index is 13.2. The van der Waals surface area contributed by atoms with E-state index in [1.807, 2.05) is 29.2 Å². The van der Waals surface area contributed by atoms with E-state index >= 15 is 0 Å². The van der Waals surface area contributed by atoms with Gasteiger partial charge in [-0.1, -0.05) is 13.8 Å². The SMILES string of the molecule is CCN1C(=O)[C@H]2CN(CC(C)C)C[C@H]2C12CCN(C(=O)c1ccc(OC)cc1)CC2. The first-order chi connectivity index (χ1) is 14.4. The molecule has 1 aromatic rings. The summed E-state index contributed by atoms with van der Waals surface area (Å²) >= 11 is 0. The summed E-state index contributed by atoms with van der Waals surface area (Å²) in [6, 6.07) is 7.33. The van der Waals surface area contributed by atoms with Crippen LogP contribution in [0.4, 0.5) is 0 Å². The average molecular weight is 414 g/mol. The highest BCUT2D eigenvalue weighted by Gasteiger charge is 2.61. The number of ether oxygens (including phenoxy) is 1. The Bertz CT molecular complexity index is 783. The Balaban J connectivity index is 1.48. The number of piperidine rings is 1. The lowest BCUT2D eigenvalue weighted by Gasteiger charge is -2.48. The smallest absolute Gasteiger partial charge is 0.253 e. The van der Waals surface area contributed by atoms with E-state index in [4.69, 9.17) is 4.74 Å². The molecule has 3 fully saturated rings. The van der Waals surface area contributed by atoms with Gasteiger partial charge in [0.25, 0.3) is 5.91 Å². The summed E-state index contributed by atoms with van der Waals surface area (Å²) in [6.45, 7) is 11.7. The third-order valence-electron chi connectivity index (χ3n) is 7.40. The number of hydrogen-bond donors (Lipinski definition) is 0. The summed E-state index contributed by atoms with van der Waals surface area (Å²) in [7, 11) is 1.63. The van der Waals surface area contributed by atoms with Crippen molar-refractivity contribution >= 4 is 11.8 Å². The number of nitrogens with zero attached hydrogens (tertiary/aromatic N) is 3. The second-order valence-electron chi connectivity index (χ2n) is 9.53. The van der Waals surface area contributed by atoms with Crippen molar-refractivity contribution in [3.8, 4) is 5.75 Å². The summed E-state index contributed by atoms with van der Waals surface area (Å²) in [5.74, 6) is 2.30. The van der Waals surface area contributed by atoms with Gasteiger partial charge in [0.05, 0.1) is 18.6 Å². The predicted octanol–water partition coefficient (Wildman–Crippen LogP) is 2.74. The molecule has 3 heterocycles. The van der Waals surface area contributed by atoms with E-state index in [2.05, 4.69) is 30.6 Å². The second kappa shape index (κ2) is 8.22. The molecule has 0 bridgehead atoms. The Hall–Kier alpha value is -2.08. The maximum absolute atomic E-state index is 13.2. The van der Waals surface area contributed by atoms with Crippen molar-refractivity contribution in [1.29, 1.82) is 0 Å². The van der Waals surface area contributed by atoms with Gasteiger partial charge in [-0.05, 0) is 49.9 Å². The molecular formula is C24H35N3O3. The minimum atomic E-state index is -0.0844. The van der Waals surface area contributed by atoms with Crippen molar-refractivity contribution in [1.82, 2.24) is 14.7 Å². The van der Waals surface area contributed by atoms with Gasteiger partial charge < -0.3 is 19.4 Å². The van der Waals surface area contributed by atoms with Crippen LogP contribution in [0.2, 0.25) is 0 Å². The van der Waals surface area contributed by atoms with Gasteiger partial charge in [0.2, 0.25) is 5.91 Å². The second-order valence-corrected chi connectivity index (χ2v) is 9.53. The molecule has 4 rings (SSSR count). The molecule has 6 nitrogen and oxygen atoms in total. The number of rotatable bonds is 5. The molecule has 0 aliphatic carbocycles. The predicted molar refractivity (Wildman–Crippen MR) is 117 cm³/mol. The Labute approximate surface area is 180 Å². The van der Waals surface area contributed by atoms with Gasteiger partial charge >= 0.3 is 0 Å². The van der Waals surface area contributed by atoms with Crippen molar-refractivity contribution in [2.75, 3.05) is 46.4 Å². The number of carbonyl (C=O) groups is 2. The lowest BCUT2D eigenvalue weighted by molar-refractivity contribution is -0.135. The highest BCUT2D eigenvalue weighted by atomic mass is 16.5. The van der Waals surface area contributed by atoms with Crippen molar-refractivity contribution in [3.63, 3.8) is 0 Å². The molecular weight excluding hydrogens is 378 g/mol. The van der Waals surface area contributed by atoms with Gasteiger partial charge in [0, 0.05) is 50.7 Å². The van der Waals surface area contributed by atoms with Crippen molar-refractivity contribution in [2.24, 2.45) is 17.8 Å². The third kappa shape index (κ3) is 3.49. The lowest BCUT2D eigenvalue weighted by Crippen LogP contribution is -2.57. The Morgan fingerprint density at radius 1 is 1.17 bits per heavy atom. The van der Waals surface area contributed by atoms with Crippen LogP contribution in [0.15, 0.2) is 24.3 Å². The van der Waals surface area contributed by atoms with E-state index in [9.17, 15) is 9.59 Å². The highest BCUT2D eigenvalue weighted by Crippen LogP contribution is 2.49. The zero-order chi connectivity index (χ0) is 21.5. The lowest BCUT2D eigenvalue weighted by atomic mass is 9.74. The number of carbonyl (C=O) groups excluding carboxylic acids is 2. The molecule has 1 spiro atoms. The van der Waals surface area contributed by atoms with Gasteiger partial charge in [0.15, 0.2) is 0 Å². The average Bonchev–Trinajstić information content (AvgIpc) is 3.25. The standard InChI is InChI=1S/C24H35N3O3/c1-5-27-23(29)20-15-25(14-17(2)3)16-21(20)24(27)10-12-26(13-11-24)22(28)18-6-8-19(30-4)9-7-18/h6-9,17,20-21H,5,10-16H2,1-4H3/t20-,21+/m0/s1. The zero-order valence-corrected chi connectivity index (χ0v) is 18.8. The highest BCUT2D eigenvalue weighted by molar-refractivity contribution is 5.94. The van der Waals surface area contributed by atoms with E-state index in [0.29, 0.717) is 36.4 Å². The first-order valence-corrected chi connectivity index (χ1v) is 11.4. The quantitative estimate of drug-likeness (QED) is 0.745. The normalized spacial score (nSPS) is 26.0. The van der Waals surface area contributed by atoms with Crippen LogP contribution in [0, 0.1) is 17.8 Å². The molecule has 0 radical (unpaired) electrons. The summed E-state index contributed by atoms with van der Waals surface area (Å²) in [5.41, 5.74) is 0.613. The molecule has 164 valence electrons. The number of likely N-dealkylation sites (tertiary alicyclic amines) is 3. The number of benzene rings is 1. The molecule has 0 saturated carbocycles. The van der Waals surface area contributed by atoms with Crippen LogP contribution < -0.4 is 4.74 Å². The van der Waals surface area contributed by atoms with Gasteiger partial charge in [-0.25, -0.2) is 0 Å². The Morgan fingerprint density at radius 3 is 2.40 bits per heavy atom. The molecule has 3 aliphatic heterocycles. The van der Waals surface area contributed by atoms with Crippen molar-refractivity contribution in [3.05, 3.63) is 29.8 Å². The molecule has 1 aromatic carbocycles. The van der Waals surface area contributed by atoms with Crippen LogP contribution in [0.3, 0.4) is 0 Å². The molecule has 0 aromatic heterocycles.